The average molecular weight is 372 g/mol. The van der Waals surface area contributed by atoms with E-state index in [4.69, 9.17) is 0 Å². The van der Waals surface area contributed by atoms with Gasteiger partial charge in [-0.2, -0.15) is 5.26 Å². The third-order valence-corrected chi connectivity index (χ3v) is 5.74. The van der Waals surface area contributed by atoms with Crippen molar-refractivity contribution in [3.05, 3.63) is 35.6 Å². The lowest BCUT2D eigenvalue weighted by Crippen LogP contribution is -2.41. The first-order chi connectivity index (χ1) is 11.0. The Morgan fingerprint density at radius 2 is 1.67 bits per heavy atom. The fourth-order valence-electron chi connectivity index (χ4n) is 1.69. The molecule has 0 saturated carbocycles. The van der Waals surface area contributed by atoms with Crippen molar-refractivity contribution >= 4 is 23.7 Å². The first-order valence-corrected chi connectivity index (χ1v) is 9.62. The number of thioether (sulfide) groups is 1. The van der Waals surface area contributed by atoms with Crippen LogP contribution in [0, 0.1) is 17.1 Å². The number of hydrogen-bond acceptors (Lipinski definition) is 5. The molecule has 0 fully saturated rings. The monoisotopic (exact) mass is 371 g/mol. The van der Waals surface area contributed by atoms with Gasteiger partial charge >= 0.3 is 0 Å². The lowest BCUT2D eigenvalue weighted by Gasteiger charge is -2.35. The third-order valence-electron chi connectivity index (χ3n) is 3.04. The molecule has 24 heavy (non-hydrogen) atoms. The number of hydrogen-bond donors (Lipinski definition) is 2. The van der Waals surface area contributed by atoms with E-state index in [1.807, 2.05) is 32.9 Å². The number of nitrogens with two attached hydrogens (primary N) is 1. The molecule has 0 spiro atoms. The van der Waals surface area contributed by atoms with Gasteiger partial charge in [-0.1, -0.05) is 30.1 Å². The number of benzene rings is 1. The first kappa shape index (κ1) is 23.3. The molecule has 0 aliphatic heterocycles. The van der Waals surface area contributed by atoms with Crippen molar-refractivity contribution in [2.75, 3.05) is 12.8 Å². The molecule has 0 unspecified atom stereocenters. The van der Waals surface area contributed by atoms with Crippen LogP contribution in [0.2, 0.25) is 0 Å². The highest BCUT2D eigenvalue weighted by molar-refractivity contribution is 8.01. The molecule has 1 rings (SSSR count). The molecular weight excluding hydrogens is 341 g/mol. The number of rotatable bonds is 6. The molecule has 3 nitrogen and oxygen atoms in total. The second kappa shape index (κ2) is 9.67. The molecule has 0 aromatic heterocycles. The molecular formula is C18H30FN3S2. The number of nitrogens with zero attached hydrogens (tertiary/aromatic N) is 1. The van der Waals surface area contributed by atoms with Gasteiger partial charge in [0.05, 0.1) is 16.4 Å². The van der Waals surface area contributed by atoms with E-state index in [0.29, 0.717) is 11.3 Å². The van der Waals surface area contributed by atoms with Crippen molar-refractivity contribution < 1.29 is 4.39 Å². The maximum atomic E-state index is 14.3. The van der Waals surface area contributed by atoms with Crippen molar-refractivity contribution in [2.45, 2.75) is 56.6 Å². The number of halogens is 1. The minimum absolute atomic E-state index is 0.0158. The third kappa shape index (κ3) is 7.89. The fourth-order valence-corrected chi connectivity index (χ4v) is 3.44. The van der Waals surface area contributed by atoms with Crippen LogP contribution >= 0.6 is 23.7 Å². The molecule has 1 atom stereocenters. The van der Waals surface area contributed by atoms with E-state index < -0.39 is 10.3 Å². The van der Waals surface area contributed by atoms with Gasteiger partial charge in [-0.25, -0.2) is 4.39 Å². The summed E-state index contributed by atoms with van der Waals surface area (Å²) in [7, 11) is 1.50. The van der Waals surface area contributed by atoms with E-state index in [1.165, 1.54) is 24.9 Å². The summed E-state index contributed by atoms with van der Waals surface area (Å²) in [5, 5.41) is 9.20. The fraction of sp³-hybridized carbons (Fsp3) is 0.611. The number of nitrogens with one attached hydrogen (secondary N) is 1. The van der Waals surface area contributed by atoms with Gasteiger partial charge in [0.1, 0.15) is 5.82 Å². The van der Waals surface area contributed by atoms with Gasteiger partial charge < -0.3 is 5.73 Å². The van der Waals surface area contributed by atoms with Crippen molar-refractivity contribution in [3.63, 3.8) is 0 Å². The van der Waals surface area contributed by atoms with Crippen molar-refractivity contribution in [1.29, 1.82) is 5.26 Å². The van der Waals surface area contributed by atoms with Gasteiger partial charge in [-0.05, 0) is 54.7 Å². The molecule has 0 aliphatic rings. The summed E-state index contributed by atoms with van der Waals surface area (Å²) in [6.07, 6.45) is 0. The zero-order valence-electron chi connectivity index (χ0n) is 15.7. The normalized spacial score (nSPS) is 14.2. The second-order valence-electron chi connectivity index (χ2n) is 7.04. The SMILES string of the molecule is CC(C)(C)SN[C@@](C)(CSC(C)(C)C#N)c1ccccc1F.CN. The summed E-state index contributed by atoms with van der Waals surface area (Å²) >= 11 is 3.13. The average Bonchev–Trinajstić information content (AvgIpc) is 2.53. The minimum atomic E-state index is -0.553. The Hall–Kier alpha value is -0.740. The maximum absolute atomic E-state index is 14.3. The van der Waals surface area contributed by atoms with Gasteiger partial charge in [-0.15, -0.1) is 11.8 Å². The van der Waals surface area contributed by atoms with E-state index in [2.05, 4.69) is 37.3 Å². The van der Waals surface area contributed by atoms with Crippen LogP contribution in [0.15, 0.2) is 24.3 Å². The molecule has 1 aromatic carbocycles. The Morgan fingerprint density at radius 1 is 1.12 bits per heavy atom. The van der Waals surface area contributed by atoms with Crippen molar-refractivity contribution in [2.24, 2.45) is 5.73 Å². The summed E-state index contributed by atoms with van der Waals surface area (Å²) in [6, 6.07) is 9.13. The van der Waals surface area contributed by atoms with Gasteiger partial charge in [0.15, 0.2) is 0 Å². The van der Waals surface area contributed by atoms with Crippen LogP contribution in [0.5, 0.6) is 0 Å². The van der Waals surface area contributed by atoms with Gasteiger partial charge in [0.25, 0.3) is 0 Å². The largest absolute Gasteiger partial charge is 0.333 e. The number of nitriles is 1. The van der Waals surface area contributed by atoms with Gasteiger partial charge in [-0.3, -0.25) is 4.72 Å². The standard InChI is InChI=1S/C17H25FN2S2.CH5N/c1-15(2,3)22-20-17(6,12-21-16(4,5)11-19)13-9-7-8-10-14(13)18;1-2/h7-10,20H,12H2,1-6H3;2H2,1H3/t17-;/m0./s1. The van der Waals surface area contributed by atoms with E-state index in [1.54, 1.807) is 18.0 Å². The molecule has 0 bridgehead atoms. The first-order valence-electron chi connectivity index (χ1n) is 7.82. The smallest absolute Gasteiger partial charge is 0.128 e. The molecule has 136 valence electrons. The summed E-state index contributed by atoms with van der Waals surface area (Å²) < 4.78 is 17.2. The summed E-state index contributed by atoms with van der Waals surface area (Å²) in [6.45, 7) is 12.1. The van der Waals surface area contributed by atoms with E-state index in [9.17, 15) is 9.65 Å². The predicted octanol–water partition coefficient (Wildman–Crippen LogP) is 4.69. The van der Waals surface area contributed by atoms with Crippen molar-refractivity contribution in [3.8, 4) is 6.07 Å². The van der Waals surface area contributed by atoms with Gasteiger partial charge in [0, 0.05) is 16.1 Å². The Bertz CT molecular complexity index is 550. The quantitative estimate of drug-likeness (QED) is 0.711. The molecule has 0 radical (unpaired) electrons. The highest BCUT2D eigenvalue weighted by Gasteiger charge is 2.33. The van der Waals surface area contributed by atoms with E-state index in [-0.39, 0.29) is 10.6 Å². The molecule has 1 aromatic rings. The molecule has 0 amide bonds. The topological polar surface area (TPSA) is 61.8 Å². The lowest BCUT2D eigenvalue weighted by molar-refractivity contribution is 0.475. The van der Waals surface area contributed by atoms with Crippen LogP contribution in [-0.4, -0.2) is 22.3 Å². The molecule has 3 N–H and O–H groups in total. The highest BCUT2D eigenvalue weighted by atomic mass is 32.2. The zero-order valence-corrected chi connectivity index (χ0v) is 17.4. The predicted molar refractivity (Wildman–Crippen MR) is 106 cm³/mol. The Kier molecular flexibility index (Phi) is 9.37. The van der Waals surface area contributed by atoms with Gasteiger partial charge in [0.2, 0.25) is 0 Å². The minimum Gasteiger partial charge on any atom is -0.333 e. The van der Waals surface area contributed by atoms with Crippen LogP contribution < -0.4 is 10.5 Å². The second-order valence-corrected chi connectivity index (χ2v) is 10.3. The van der Waals surface area contributed by atoms with Crippen LogP contribution in [0.4, 0.5) is 4.39 Å². The van der Waals surface area contributed by atoms with Crippen LogP contribution in [0.3, 0.4) is 0 Å². The molecule has 0 saturated heterocycles. The molecule has 0 heterocycles. The summed E-state index contributed by atoms with van der Waals surface area (Å²) in [5.74, 6) is 0.389. The Labute approximate surface area is 155 Å². The lowest BCUT2D eigenvalue weighted by atomic mass is 9.95. The summed E-state index contributed by atoms with van der Waals surface area (Å²) in [5.41, 5.74) is 4.58. The van der Waals surface area contributed by atoms with Crippen molar-refractivity contribution in [1.82, 2.24) is 4.72 Å². The van der Waals surface area contributed by atoms with Crippen LogP contribution in [-0.2, 0) is 5.54 Å². The Morgan fingerprint density at radius 3 is 2.12 bits per heavy atom. The summed E-state index contributed by atoms with van der Waals surface area (Å²) in [4.78, 5) is 0. The molecule has 6 heteroatoms. The van der Waals surface area contributed by atoms with E-state index >= 15 is 0 Å². The maximum Gasteiger partial charge on any atom is 0.128 e. The van der Waals surface area contributed by atoms with Crippen LogP contribution in [0.25, 0.3) is 0 Å². The highest BCUT2D eigenvalue weighted by Crippen LogP contribution is 2.36. The van der Waals surface area contributed by atoms with Crippen LogP contribution in [0.1, 0.15) is 47.1 Å². The molecule has 0 aliphatic carbocycles. The zero-order chi connectivity index (χ0) is 19.0. The van der Waals surface area contributed by atoms with E-state index in [0.717, 1.165) is 0 Å². The Balaban J connectivity index is 0.00000254.